The van der Waals surface area contributed by atoms with Crippen molar-refractivity contribution in [3.8, 4) is 11.1 Å². The molecule has 2 aliphatic rings. The third-order valence-corrected chi connectivity index (χ3v) is 5.60. The molecule has 4 rings (SSSR count). The summed E-state index contributed by atoms with van der Waals surface area (Å²) in [7, 11) is 0. The number of aryl methyl sites for hydroxylation is 1. The molecule has 1 saturated heterocycles. The number of benzene rings is 1. The Morgan fingerprint density at radius 1 is 1.21 bits per heavy atom. The lowest BCUT2D eigenvalue weighted by Gasteiger charge is -2.26. The van der Waals surface area contributed by atoms with Gasteiger partial charge in [-0.3, -0.25) is 4.79 Å². The Morgan fingerprint density at radius 3 is 2.54 bits per heavy atom. The highest BCUT2D eigenvalue weighted by atomic mass is 19.1. The number of rotatable bonds is 5. The number of carbonyl (C=O) groups is 1. The van der Waals surface area contributed by atoms with Crippen LogP contribution in [0, 0.1) is 30.4 Å². The molecule has 28 heavy (non-hydrogen) atoms. The van der Waals surface area contributed by atoms with E-state index in [1.807, 2.05) is 6.92 Å². The number of nitrogens with zero attached hydrogens (tertiary/aromatic N) is 2. The predicted molar refractivity (Wildman–Crippen MR) is 105 cm³/mol. The molecule has 0 radical (unpaired) electrons. The maximum atomic E-state index is 13.9. The Labute approximate surface area is 164 Å². The summed E-state index contributed by atoms with van der Waals surface area (Å²) in [6.07, 6.45) is 4.92. The number of amides is 1. The van der Waals surface area contributed by atoms with Gasteiger partial charge >= 0.3 is 0 Å². The van der Waals surface area contributed by atoms with Crippen LogP contribution in [-0.4, -0.2) is 30.5 Å². The zero-order valence-electron chi connectivity index (χ0n) is 16.3. The minimum Gasteiger partial charge on any atom is -0.369 e. The third kappa shape index (κ3) is 3.86. The van der Waals surface area contributed by atoms with Crippen LogP contribution in [0.4, 0.5) is 14.5 Å². The second kappa shape index (κ2) is 7.49. The molecule has 1 amide bonds. The molecule has 1 aromatic heterocycles. The van der Waals surface area contributed by atoms with Gasteiger partial charge in [-0.25, -0.2) is 13.8 Å². The van der Waals surface area contributed by atoms with E-state index in [0.717, 1.165) is 44.0 Å². The van der Waals surface area contributed by atoms with E-state index in [9.17, 15) is 13.6 Å². The lowest BCUT2D eigenvalue weighted by molar-refractivity contribution is 0.0947. The monoisotopic (exact) mass is 385 g/mol. The molecule has 2 fully saturated rings. The molecule has 1 atom stereocenters. The lowest BCUT2D eigenvalue weighted by atomic mass is 9.97. The summed E-state index contributed by atoms with van der Waals surface area (Å²) < 4.78 is 27.9. The molecule has 2 heterocycles. The van der Waals surface area contributed by atoms with Gasteiger partial charge in [0.1, 0.15) is 11.6 Å². The molecule has 1 unspecified atom stereocenters. The molecular weight excluding hydrogens is 360 g/mol. The number of hydrogen-bond donors (Lipinski definition) is 1. The average Bonchev–Trinajstić information content (AvgIpc) is 3.37. The van der Waals surface area contributed by atoms with E-state index in [-0.39, 0.29) is 5.91 Å². The number of carbonyl (C=O) groups excluding carboxylic acids is 1. The van der Waals surface area contributed by atoms with Gasteiger partial charge in [0.15, 0.2) is 5.69 Å². The van der Waals surface area contributed by atoms with Gasteiger partial charge in [-0.05, 0) is 61.3 Å². The Kier molecular flexibility index (Phi) is 5.04. The van der Waals surface area contributed by atoms with Gasteiger partial charge in [0, 0.05) is 37.5 Å². The maximum Gasteiger partial charge on any atom is 0.272 e. The van der Waals surface area contributed by atoms with Crippen molar-refractivity contribution in [2.45, 2.75) is 33.1 Å². The number of halogens is 2. The Balaban J connectivity index is 1.83. The van der Waals surface area contributed by atoms with E-state index in [4.69, 9.17) is 0 Å². The fraction of sp³-hybridized carbons (Fsp3) is 0.455. The lowest BCUT2D eigenvalue weighted by Crippen LogP contribution is -2.30. The molecule has 0 bridgehead atoms. The maximum absolute atomic E-state index is 13.9. The summed E-state index contributed by atoms with van der Waals surface area (Å²) in [5, 5.41) is 2.98. The summed E-state index contributed by atoms with van der Waals surface area (Å²) in [5.41, 5.74) is 2.92. The van der Waals surface area contributed by atoms with E-state index < -0.39 is 11.6 Å². The molecule has 2 aromatic rings. The summed E-state index contributed by atoms with van der Waals surface area (Å²) >= 11 is 0. The number of pyridine rings is 1. The Bertz CT molecular complexity index is 891. The number of hydrogen-bond acceptors (Lipinski definition) is 3. The first-order valence-corrected chi connectivity index (χ1v) is 9.91. The second-order valence-corrected chi connectivity index (χ2v) is 8.16. The number of nitrogens with one attached hydrogen (secondary N) is 1. The highest BCUT2D eigenvalue weighted by molar-refractivity contribution is 6.02. The molecule has 4 nitrogen and oxygen atoms in total. The van der Waals surface area contributed by atoms with Gasteiger partial charge in [0.05, 0.1) is 5.69 Å². The van der Waals surface area contributed by atoms with Crippen LogP contribution in [-0.2, 0) is 0 Å². The predicted octanol–water partition coefficient (Wildman–Crippen LogP) is 4.32. The molecule has 1 N–H and O–H groups in total. The van der Waals surface area contributed by atoms with Gasteiger partial charge < -0.3 is 10.2 Å². The van der Waals surface area contributed by atoms with E-state index in [0.29, 0.717) is 40.9 Å². The largest absolute Gasteiger partial charge is 0.369 e. The zero-order chi connectivity index (χ0) is 19.8. The van der Waals surface area contributed by atoms with Crippen molar-refractivity contribution in [1.82, 2.24) is 10.3 Å². The fourth-order valence-corrected chi connectivity index (χ4v) is 3.91. The van der Waals surface area contributed by atoms with E-state index in [2.05, 4.69) is 22.1 Å². The molecule has 1 saturated carbocycles. The molecule has 0 spiro atoms. The highest BCUT2D eigenvalue weighted by Gasteiger charge is 2.30. The van der Waals surface area contributed by atoms with Crippen LogP contribution < -0.4 is 10.2 Å². The first kappa shape index (κ1) is 18.8. The second-order valence-electron chi connectivity index (χ2n) is 8.16. The Morgan fingerprint density at radius 2 is 1.93 bits per heavy atom. The van der Waals surface area contributed by atoms with Crippen LogP contribution in [0.2, 0.25) is 0 Å². The van der Waals surface area contributed by atoms with Crippen molar-refractivity contribution in [1.29, 1.82) is 0 Å². The van der Waals surface area contributed by atoms with E-state index in [1.165, 1.54) is 12.1 Å². The van der Waals surface area contributed by atoms with Crippen molar-refractivity contribution >= 4 is 11.6 Å². The van der Waals surface area contributed by atoms with Crippen LogP contribution in [0.15, 0.2) is 24.4 Å². The van der Waals surface area contributed by atoms with Crippen LogP contribution >= 0.6 is 0 Å². The smallest absolute Gasteiger partial charge is 0.272 e. The van der Waals surface area contributed by atoms with Gasteiger partial charge in [-0.2, -0.15) is 0 Å². The number of aromatic nitrogens is 1. The highest BCUT2D eigenvalue weighted by Crippen LogP contribution is 2.39. The summed E-state index contributed by atoms with van der Waals surface area (Å²) in [6, 6.07) is 3.50. The Hall–Kier alpha value is -2.50. The van der Waals surface area contributed by atoms with Gasteiger partial charge in [-0.15, -0.1) is 0 Å². The van der Waals surface area contributed by atoms with Crippen molar-refractivity contribution in [3.63, 3.8) is 0 Å². The molecule has 1 aromatic carbocycles. The fourth-order valence-electron chi connectivity index (χ4n) is 3.91. The topological polar surface area (TPSA) is 45.2 Å². The van der Waals surface area contributed by atoms with Crippen molar-refractivity contribution in [2.24, 2.45) is 11.8 Å². The van der Waals surface area contributed by atoms with Gasteiger partial charge in [0.2, 0.25) is 0 Å². The van der Waals surface area contributed by atoms with E-state index >= 15 is 0 Å². The minimum atomic E-state index is -0.633. The molecule has 148 valence electrons. The average molecular weight is 385 g/mol. The zero-order valence-corrected chi connectivity index (χ0v) is 16.3. The normalized spacial score (nSPS) is 19.1. The molecule has 1 aliphatic carbocycles. The van der Waals surface area contributed by atoms with Crippen molar-refractivity contribution in [3.05, 3.63) is 47.3 Å². The quantitative estimate of drug-likeness (QED) is 0.834. The van der Waals surface area contributed by atoms with Crippen LogP contribution in [0.3, 0.4) is 0 Å². The van der Waals surface area contributed by atoms with Crippen LogP contribution in [0.1, 0.15) is 42.2 Å². The summed E-state index contributed by atoms with van der Waals surface area (Å²) in [4.78, 5) is 19.5. The first-order valence-electron chi connectivity index (χ1n) is 9.91. The summed E-state index contributed by atoms with van der Waals surface area (Å²) in [5.74, 6) is -0.445. The molecular formula is C22H25F2N3O. The molecule has 6 heteroatoms. The van der Waals surface area contributed by atoms with Crippen LogP contribution in [0.5, 0.6) is 0 Å². The van der Waals surface area contributed by atoms with Crippen molar-refractivity contribution < 1.29 is 13.6 Å². The third-order valence-electron chi connectivity index (χ3n) is 5.60. The first-order chi connectivity index (χ1) is 13.4. The number of anilines is 1. The summed E-state index contributed by atoms with van der Waals surface area (Å²) in [6.45, 7) is 6.25. The molecule has 1 aliphatic heterocycles. The van der Waals surface area contributed by atoms with E-state index in [1.54, 1.807) is 6.20 Å². The van der Waals surface area contributed by atoms with Crippen LogP contribution in [0.25, 0.3) is 11.1 Å². The SMILES string of the molecule is Cc1cnc(C(=O)NCC2CC2)c(N2CCC(C)C2)c1-c1cc(F)cc(F)c1. The van der Waals surface area contributed by atoms with Gasteiger partial charge in [-0.1, -0.05) is 6.92 Å². The minimum absolute atomic E-state index is 0.223. The van der Waals surface area contributed by atoms with Gasteiger partial charge in [0.25, 0.3) is 5.91 Å². The standard InChI is InChI=1S/C22H25F2N3O/c1-13-5-6-27(12-13)21-19(16-7-17(23)9-18(24)8-16)14(2)10-25-20(21)22(28)26-11-15-3-4-15/h7-10,13,15H,3-6,11-12H2,1-2H3,(H,26,28). The van der Waals surface area contributed by atoms with Crippen molar-refractivity contribution in [2.75, 3.05) is 24.5 Å².